The van der Waals surface area contributed by atoms with Crippen molar-refractivity contribution in [3.63, 3.8) is 0 Å². The van der Waals surface area contributed by atoms with Gasteiger partial charge in [-0.1, -0.05) is 30.3 Å². The maximum Gasteiger partial charge on any atom is 0.123 e. The van der Waals surface area contributed by atoms with Crippen LogP contribution in [0.2, 0.25) is 0 Å². The van der Waals surface area contributed by atoms with Gasteiger partial charge in [0.2, 0.25) is 0 Å². The van der Waals surface area contributed by atoms with Crippen LogP contribution in [0.4, 0.5) is 4.39 Å². The van der Waals surface area contributed by atoms with Crippen molar-refractivity contribution < 1.29 is 9.13 Å². The van der Waals surface area contributed by atoms with Gasteiger partial charge in [0.1, 0.15) is 11.6 Å². The Morgan fingerprint density at radius 1 is 1.11 bits per heavy atom. The number of halogens is 1. The number of hydrogen-bond donors (Lipinski definition) is 1. The largest absolute Gasteiger partial charge is 0.493 e. The Morgan fingerprint density at radius 2 is 1.84 bits per heavy atom. The van der Waals surface area contributed by atoms with E-state index >= 15 is 0 Å². The first kappa shape index (κ1) is 12.2. The first-order valence-corrected chi connectivity index (χ1v) is 6.48. The number of nitrogens with two attached hydrogens (primary N) is 1. The van der Waals surface area contributed by atoms with Crippen LogP contribution in [0.1, 0.15) is 29.5 Å². The number of ether oxygens (including phenoxy) is 1. The van der Waals surface area contributed by atoms with Gasteiger partial charge in [-0.2, -0.15) is 0 Å². The van der Waals surface area contributed by atoms with E-state index in [1.54, 1.807) is 12.1 Å². The zero-order valence-corrected chi connectivity index (χ0v) is 10.6. The lowest BCUT2D eigenvalue weighted by Crippen LogP contribution is -2.25. The summed E-state index contributed by atoms with van der Waals surface area (Å²) in [6.07, 6.45) is 0.884. The molecule has 2 atom stereocenters. The molecule has 1 aliphatic rings. The molecule has 0 aromatic heterocycles. The lowest BCUT2D eigenvalue weighted by atomic mass is 9.84. The molecule has 3 heteroatoms. The first-order chi connectivity index (χ1) is 9.25. The first-order valence-electron chi connectivity index (χ1n) is 6.48. The second kappa shape index (κ2) is 5.02. The van der Waals surface area contributed by atoms with Crippen LogP contribution < -0.4 is 10.5 Å². The van der Waals surface area contributed by atoms with Gasteiger partial charge in [0, 0.05) is 12.0 Å². The molecule has 0 spiro atoms. The Morgan fingerprint density at radius 3 is 2.63 bits per heavy atom. The van der Waals surface area contributed by atoms with Crippen molar-refractivity contribution in [3.05, 3.63) is 65.5 Å². The molecular formula is C16H16FNO. The van der Waals surface area contributed by atoms with Crippen molar-refractivity contribution in [2.45, 2.75) is 18.4 Å². The molecular weight excluding hydrogens is 241 g/mol. The van der Waals surface area contributed by atoms with E-state index in [0.717, 1.165) is 23.3 Å². The van der Waals surface area contributed by atoms with Gasteiger partial charge in [-0.05, 0) is 35.7 Å². The van der Waals surface area contributed by atoms with Crippen molar-refractivity contribution in [2.24, 2.45) is 5.73 Å². The van der Waals surface area contributed by atoms with Crippen LogP contribution in [0.15, 0.2) is 48.5 Å². The smallest absolute Gasteiger partial charge is 0.123 e. The average Bonchev–Trinajstić information content (AvgIpc) is 2.47. The van der Waals surface area contributed by atoms with Gasteiger partial charge in [0.05, 0.1) is 6.61 Å². The third-order valence-corrected chi connectivity index (χ3v) is 3.69. The highest BCUT2D eigenvalue weighted by molar-refractivity contribution is 5.40. The second-order valence-electron chi connectivity index (χ2n) is 4.86. The fourth-order valence-corrected chi connectivity index (χ4v) is 2.66. The monoisotopic (exact) mass is 257 g/mol. The predicted octanol–water partition coefficient (Wildman–Crippen LogP) is 3.39. The van der Waals surface area contributed by atoms with Gasteiger partial charge in [-0.25, -0.2) is 4.39 Å². The minimum Gasteiger partial charge on any atom is -0.493 e. The second-order valence-corrected chi connectivity index (χ2v) is 4.86. The summed E-state index contributed by atoms with van der Waals surface area (Å²) >= 11 is 0. The lowest BCUT2D eigenvalue weighted by molar-refractivity contribution is 0.255. The van der Waals surface area contributed by atoms with Crippen molar-refractivity contribution in [1.82, 2.24) is 0 Å². The zero-order valence-electron chi connectivity index (χ0n) is 10.6. The molecule has 0 saturated carbocycles. The third-order valence-electron chi connectivity index (χ3n) is 3.69. The van der Waals surface area contributed by atoms with Gasteiger partial charge in [0.25, 0.3) is 0 Å². The van der Waals surface area contributed by atoms with Crippen molar-refractivity contribution >= 4 is 0 Å². The Hall–Kier alpha value is -1.87. The van der Waals surface area contributed by atoms with E-state index in [4.69, 9.17) is 10.5 Å². The number of benzene rings is 2. The highest BCUT2D eigenvalue weighted by Gasteiger charge is 2.27. The molecule has 19 heavy (non-hydrogen) atoms. The van der Waals surface area contributed by atoms with Gasteiger partial charge >= 0.3 is 0 Å². The minimum absolute atomic E-state index is 0.134. The highest BCUT2D eigenvalue weighted by atomic mass is 19.1. The quantitative estimate of drug-likeness (QED) is 0.895. The molecule has 0 fully saturated rings. The number of fused-ring (bicyclic) bond motifs is 1. The van der Waals surface area contributed by atoms with E-state index < -0.39 is 0 Å². The number of para-hydroxylation sites is 1. The number of rotatable bonds is 2. The minimum atomic E-state index is -0.233. The molecule has 1 aliphatic heterocycles. The maximum absolute atomic E-state index is 13.0. The van der Waals surface area contributed by atoms with Crippen molar-refractivity contribution in [1.29, 1.82) is 0 Å². The molecule has 2 aromatic rings. The fourth-order valence-electron chi connectivity index (χ4n) is 2.66. The van der Waals surface area contributed by atoms with Crippen LogP contribution in [0, 0.1) is 5.82 Å². The van der Waals surface area contributed by atoms with Gasteiger partial charge in [0.15, 0.2) is 0 Å². The van der Waals surface area contributed by atoms with Crippen LogP contribution in [0.25, 0.3) is 0 Å². The Balaban J connectivity index is 1.92. The Kier molecular flexibility index (Phi) is 3.22. The van der Waals surface area contributed by atoms with Crippen LogP contribution >= 0.6 is 0 Å². The molecule has 2 N–H and O–H groups in total. The molecule has 3 rings (SSSR count). The fraction of sp³-hybridized carbons (Fsp3) is 0.250. The summed E-state index contributed by atoms with van der Waals surface area (Å²) in [5.74, 6) is 0.898. The van der Waals surface area contributed by atoms with Crippen LogP contribution in [0.3, 0.4) is 0 Å². The molecule has 2 aromatic carbocycles. The van der Waals surface area contributed by atoms with Gasteiger partial charge in [-0.15, -0.1) is 0 Å². The van der Waals surface area contributed by atoms with Crippen molar-refractivity contribution in [2.75, 3.05) is 6.61 Å². The highest BCUT2D eigenvalue weighted by Crippen LogP contribution is 2.39. The maximum atomic E-state index is 13.0. The summed E-state index contributed by atoms with van der Waals surface area (Å²) in [5, 5.41) is 0. The van der Waals surface area contributed by atoms with E-state index in [1.807, 2.05) is 18.2 Å². The predicted molar refractivity (Wildman–Crippen MR) is 72.6 cm³/mol. The van der Waals surface area contributed by atoms with E-state index in [9.17, 15) is 4.39 Å². The third kappa shape index (κ3) is 2.34. The summed E-state index contributed by atoms with van der Waals surface area (Å²) in [7, 11) is 0. The van der Waals surface area contributed by atoms with Crippen molar-refractivity contribution in [3.8, 4) is 5.75 Å². The molecule has 1 heterocycles. The summed E-state index contributed by atoms with van der Waals surface area (Å²) in [4.78, 5) is 0. The summed E-state index contributed by atoms with van der Waals surface area (Å²) in [6, 6.07) is 14.3. The van der Waals surface area contributed by atoms with E-state index in [-0.39, 0.29) is 17.8 Å². The van der Waals surface area contributed by atoms with Gasteiger partial charge < -0.3 is 10.5 Å². The van der Waals surface area contributed by atoms with Gasteiger partial charge in [-0.3, -0.25) is 0 Å². The van der Waals surface area contributed by atoms with E-state index in [0.29, 0.717) is 6.61 Å². The topological polar surface area (TPSA) is 35.2 Å². The summed E-state index contributed by atoms with van der Waals surface area (Å²) in [5.41, 5.74) is 8.46. The lowest BCUT2D eigenvalue weighted by Gasteiger charge is -2.30. The molecule has 98 valence electrons. The Labute approximate surface area is 112 Å². The van der Waals surface area contributed by atoms with Crippen LogP contribution in [0.5, 0.6) is 5.75 Å². The zero-order chi connectivity index (χ0) is 13.2. The number of hydrogen-bond acceptors (Lipinski definition) is 2. The molecule has 0 aliphatic carbocycles. The SMILES string of the molecule is NC(c1ccc(F)cc1)C1CCOc2ccccc21. The molecule has 0 radical (unpaired) electrons. The van der Waals surface area contributed by atoms with Crippen LogP contribution in [-0.4, -0.2) is 6.61 Å². The van der Waals surface area contributed by atoms with Crippen LogP contribution in [-0.2, 0) is 0 Å². The average molecular weight is 257 g/mol. The summed E-state index contributed by atoms with van der Waals surface area (Å²) in [6.45, 7) is 0.677. The van der Waals surface area contributed by atoms with E-state index in [1.165, 1.54) is 12.1 Å². The summed E-state index contributed by atoms with van der Waals surface area (Å²) < 4.78 is 18.6. The molecule has 0 saturated heterocycles. The Bertz CT molecular complexity index is 567. The standard InChI is InChI=1S/C16H16FNO/c17-12-7-5-11(6-8-12)16(18)14-9-10-19-15-4-2-1-3-13(14)15/h1-8,14,16H,9-10,18H2. The molecule has 2 unspecified atom stereocenters. The molecule has 0 amide bonds. The molecule has 0 bridgehead atoms. The normalized spacial score (nSPS) is 19.4. The molecule has 2 nitrogen and oxygen atoms in total. The van der Waals surface area contributed by atoms with E-state index in [2.05, 4.69) is 6.07 Å².